The molecule has 1 saturated carbocycles. The Hall–Kier alpha value is -0.290. The molecule has 0 spiro atoms. The molecule has 1 aliphatic carbocycles. The Bertz CT molecular complexity index is 291. The van der Waals surface area contributed by atoms with Gasteiger partial charge in [-0.15, -0.1) is 0 Å². The molecule has 0 radical (unpaired) electrons. The second kappa shape index (κ2) is 7.12. The summed E-state index contributed by atoms with van der Waals surface area (Å²) in [5.41, 5.74) is 0.164. The summed E-state index contributed by atoms with van der Waals surface area (Å²) in [7, 11) is 0. The summed E-state index contributed by atoms with van der Waals surface area (Å²) in [4.78, 5) is 0. The van der Waals surface area contributed by atoms with Gasteiger partial charge in [-0.25, -0.2) is 0 Å². The predicted molar refractivity (Wildman–Crippen MR) is 74.7 cm³/mol. The highest BCUT2D eigenvalue weighted by atomic mass is 19.4. The Kier molecular flexibility index (Phi) is 6.32. The van der Waals surface area contributed by atoms with Crippen LogP contribution in [-0.2, 0) is 4.74 Å². The standard InChI is InChI=1S/C15H28F3NO/c1-5-14(3,4)11-7-8-12(19-6-2)13(9-11)20-10-15(16,17)18/h11-13,19H,5-10H2,1-4H3. The smallest absolute Gasteiger partial charge is 0.367 e. The SMILES string of the molecule is CCNC1CCC(C(C)(C)CC)CC1OCC(F)(F)F. The summed E-state index contributed by atoms with van der Waals surface area (Å²) >= 11 is 0. The highest BCUT2D eigenvalue weighted by molar-refractivity contribution is 4.91. The van der Waals surface area contributed by atoms with Gasteiger partial charge < -0.3 is 10.1 Å². The van der Waals surface area contributed by atoms with Crippen molar-refractivity contribution in [1.82, 2.24) is 5.32 Å². The summed E-state index contributed by atoms with van der Waals surface area (Å²) in [5, 5.41) is 3.27. The largest absolute Gasteiger partial charge is 0.411 e. The lowest BCUT2D eigenvalue weighted by molar-refractivity contribution is -0.193. The monoisotopic (exact) mass is 295 g/mol. The van der Waals surface area contributed by atoms with Gasteiger partial charge in [0.2, 0.25) is 0 Å². The molecule has 0 aromatic rings. The first-order valence-electron chi connectivity index (χ1n) is 7.61. The third-order valence-electron chi connectivity index (χ3n) is 4.74. The first-order valence-corrected chi connectivity index (χ1v) is 7.61. The lowest BCUT2D eigenvalue weighted by Gasteiger charge is -2.43. The second-order valence-electron chi connectivity index (χ2n) is 6.48. The number of likely N-dealkylation sites (N-methyl/N-ethyl adjacent to an activating group) is 1. The van der Waals surface area contributed by atoms with E-state index in [1.54, 1.807) is 0 Å². The molecule has 2 nitrogen and oxygen atoms in total. The third kappa shape index (κ3) is 5.24. The summed E-state index contributed by atoms with van der Waals surface area (Å²) < 4.78 is 42.3. The van der Waals surface area contributed by atoms with Gasteiger partial charge in [-0.2, -0.15) is 13.2 Å². The minimum absolute atomic E-state index is 0.0475. The van der Waals surface area contributed by atoms with Crippen LogP contribution in [0.25, 0.3) is 0 Å². The van der Waals surface area contributed by atoms with Crippen molar-refractivity contribution in [2.24, 2.45) is 11.3 Å². The molecule has 0 aliphatic heterocycles. The molecule has 0 aromatic heterocycles. The molecular weight excluding hydrogens is 267 g/mol. The van der Waals surface area contributed by atoms with Gasteiger partial charge in [0.25, 0.3) is 0 Å². The number of rotatable bonds is 6. The highest BCUT2D eigenvalue weighted by Gasteiger charge is 2.39. The van der Waals surface area contributed by atoms with E-state index in [4.69, 9.17) is 4.74 Å². The molecule has 20 heavy (non-hydrogen) atoms. The van der Waals surface area contributed by atoms with Crippen LogP contribution < -0.4 is 5.32 Å². The molecule has 3 unspecified atom stereocenters. The number of nitrogens with one attached hydrogen (secondary N) is 1. The minimum Gasteiger partial charge on any atom is -0.367 e. The van der Waals surface area contributed by atoms with Crippen molar-refractivity contribution in [2.75, 3.05) is 13.2 Å². The normalized spacial score (nSPS) is 28.6. The molecule has 1 N–H and O–H groups in total. The summed E-state index contributed by atoms with van der Waals surface area (Å²) in [6, 6.07) is 0.0475. The van der Waals surface area contributed by atoms with Crippen LogP contribution in [0.2, 0.25) is 0 Å². The molecule has 1 aliphatic rings. The van der Waals surface area contributed by atoms with Gasteiger partial charge in [-0.3, -0.25) is 0 Å². The first kappa shape index (κ1) is 17.8. The number of ether oxygens (including phenoxy) is 1. The van der Waals surface area contributed by atoms with Crippen LogP contribution >= 0.6 is 0 Å². The van der Waals surface area contributed by atoms with Gasteiger partial charge in [0.05, 0.1) is 6.10 Å². The van der Waals surface area contributed by atoms with Crippen molar-refractivity contribution < 1.29 is 17.9 Å². The maximum atomic E-state index is 12.4. The van der Waals surface area contributed by atoms with Crippen LogP contribution in [0.3, 0.4) is 0 Å². The van der Waals surface area contributed by atoms with Gasteiger partial charge in [0, 0.05) is 6.04 Å². The minimum atomic E-state index is -4.25. The van der Waals surface area contributed by atoms with E-state index >= 15 is 0 Å². The van der Waals surface area contributed by atoms with Crippen LogP contribution in [0.1, 0.15) is 53.4 Å². The van der Waals surface area contributed by atoms with Crippen LogP contribution in [0.5, 0.6) is 0 Å². The lowest BCUT2D eigenvalue weighted by atomic mass is 9.68. The number of alkyl halides is 3. The van der Waals surface area contributed by atoms with Crippen molar-refractivity contribution in [1.29, 1.82) is 0 Å². The van der Waals surface area contributed by atoms with Crippen molar-refractivity contribution in [3.8, 4) is 0 Å². The van der Waals surface area contributed by atoms with Crippen molar-refractivity contribution in [3.05, 3.63) is 0 Å². The van der Waals surface area contributed by atoms with E-state index in [1.807, 2.05) is 6.92 Å². The van der Waals surface area contributed by atoms with E-state index in [9.17, 15) is 13.2 Å². The zero-order valence-corrected chi connectivity index (χ0v) is 13.0. The number of halogens is 3. The fourth-order valence-electron chi connectivity index (χ4n) is 3.01. The summed E-state index contributed by atoms with van der Waals surface area (Å²) in [5.74, 6) is 0.431. The van der Waals surface area contributed by atoms with Crippen molar-refractivity contribution in [2.45, 2.75) is 71.7 Å². The first-order chi connectivity index (χ1) is 9.19. The van der Waals surface area contributed by atoms with Crippen LogP contribution in [0.15, 0.2) is 0 Å². The van der Waals surface area contributed by atoms with E-state index in [1.165, 1.54) is 0 Å². The Morgan fingerprint density at radius 1 is 1.15 bits per heavy atom. The molecule has 0 aromatic carbocycles. The zero-order valence-electron chi connectivity index (χ0n) is 13.0. The topological polar surface area (TPSA) is 21.3 Å². The molecule has 120 valence electrons. The van der Waals surface area contributed by atoms with E-state index in [0.29, 0.717) is 12.3 Å². The highest BCUT2D eigenvalue weighted by Crippen LogP contribution is 2.41. The van der Waals surface area contributed by atoms with E-state index in [0.717, 1.165) is 25.8 Å². The Balaban J connectivity index is 2.67. The molecule has 0 amide bonds. The van der Waals surface area contributed by atoms with Crippen LogP contribution in [0.4, 0.5) is 13.2 Å². The third-order valence-corrected chi connectivity index (χ3v) is 4.74. The number of hydrogen-bond acceptors (Lipinski definition) is 2. The van der Waals surface area contributed by atoms with Gasteiger partial charge in [-0.05, 0) is 37.1 Å². The van der Waals surface area contributed by atoms with Gasteiger partial charge in [0.1, 0.15) is 6.61 Å². The van der Waals surface area contributed by atoms with E-state index in [2.05, 4.69) is 26.1 Å². The van der Waals surface area contributed by atoms with Gasteiger partial charge >= 0.3 is 6.18 Å². The predicted octanol–water partition coefficient (Wildman–Crippen LogP) is 4.15. The maximum Gasteiger partial charge on any atom is 0.411 e. The Labute approximate surface area is 120 Å². The molecular formula is C15H28F3NO. The average molecular weight is 295 g/mol. The van der Waals surface area contributed by atoms with E-state index in [-0.39, 0.29) is 17.6 Å². The van der Waals surface area contributed by atoms with Gasteiger partial charge in [-0.1, -0.05) is 34.1 Å². The van der Waals surface area contributed by atoms with Crippen LogP contribution in [-0.4, -0.2) is 31.5 Å². The van der Waals surface area contributed by atoms with Crippen molar-refractivity contribution >= 4 is 0 Å². The molecule has 5 heteroatoms. The average Bonchev–Trinajstić information content (AvgIpc) is 2.36. The molecule has 1 fully saturated rings. The zero-order chi connectivity index (χ0) is 15.4. The molecule has 1 rings (SSSR count). The van der Waals surface area contributed by atoms with Gasteiger partial charge in [0.15, 0.2) is 0 Å². The Morgan fingerprint density at radius 2 is 1.80 bits per heavy atom. The Morgan fingerprint density at radius 3 is 2.30 bits per heavy atom. The molecule has 0 heterocycles. The molecule has 0 bridgehead atoms. The fraction of sp³-hybridized carbons (Fsp3) is 1.00. The van der Waals surface area contributed by atoms with E-state index < -0.39 is 12.8 Å². The molecule has 0 saturated heterocycles. The fourth-order valence-corrected chi connectivity index (χ4v) is 3.01. The number of hydrogen-bond donors (Lipinski definition) is 1. The summed E-state index contributed by atoms with van der Waals surface area (Å²) in [6.07, 6.45) is -0.871. The van der Waals surface area contributed by atoms with Crippen molar-refractivity contribution in [3.63, 3.8) is 0 Å². The lowest BCUT2D eigenvalue weighted by Crippen LogP contribution is -2.48. The quantitative estimate of drug-likeness (QED) is 0.795. The second-order valence-corrected chi connectivity index (χ2v) is 6.48. The van der Waals surface area contributed by atoms with Crippen LogP contribution in [0, 0.1) is 11.3 Å². The maximum absolute atomic E-state index is 12.4. The summed E-state index contributed by atoms with van der Waals surface area (Å²) in [6.45, 7) is 8.14. The molecule has 3 atom stereocenters.